The summed E-state index contributed by atoms with van der Waals surface area (Å²) < 4.78 is 0. The maximum absolute atomic E-state index is 6.88. The first-order valence-corrected chi connectivity index (χ1v) is 3.72. The molecule has 74 valence electrons. The lowest BCUT2D eigenvalue weighted by Gasteiger charge is -1.90. The first kappa shape index (κ1) is 14.3. The quantitative estimate of drug-likeness (QED) is 0.615. The molecule has 1 aromatic carbocycles. The first-order valence-electron chi connectivity index (χ1n) is 3.72. The molecule has 0 saturated heterocycles. The van der Waals surface area contributed by atoms with Crippen LogP contribution in [0.15, 0.2) is 24.3 Å². The molecule has 0 atom stereocenters. The minimum atomic E-state index is 0.750. The number of aryl methyl sites for hydroxylation is 2. The number of rotatable bonds is 0. The van der Waals surface area contributed by atoms with Crippen molar-refractivity contribution in [1.29, 1.82) is 10.5 Å². The molecule has 4 heteroatoms. The summed E-state index contributed by atoms with van der Waals surface area (Å²) in [6, 6.07) is 8.45. The standard InChI is InChI=1S/C8H10.2CHNO/c1-7-4-3-5-8(2)6-7;2*2-1-3/h3-6H,1-2H3;2*3H. The highest BCUT2D eigenvalue weighted by atomic mass is 16.2. The van der Waals surface area contributed by atoms with Crippen molar-refractivity contribution in [2.75, 3.05) is 0 Å². The molecular formula is C10H12N2O2. The number of hydrogen-bond acceptors (Lipinski definition) is 4. The zero-order chi connectivity index (χ0) is 11.4. The third-order valence-electron chi connectivity index (χ3n) is 1.17. The average Bonchev–Trinajstić information content (AvgIpc) is 2.06. The molecule has 4 nitrogen and oxygen atoms in total. The van der Waals surface area contributed by atoms with Gasteiger partial charge in [-0.2, -0.15) is 10.5 Å². The molecule has 0 unspecified atom stereocenters. The van der Waals surface area contributed by atoms with Gasteiger partial charge in [-0.15, -0.1) is 0 Å². The normalized spacial score (nSPS) is 6.29. The topological polar surface area (TPSA) is 88.0 Å². The van der Waals surface area contributed by atoms with Crippen LogP contribution in [0.1, 0.15) is 11.1 Å². The second kappa shape index (κ2) is 10.8. The summed E-state index contributed by atoms with van der Waals surface area (Å²) >= 11 is 0. The fraction of sp³-hybridized carbons (Fsp3) is 0.200. The highest BCUT2D eigenvalue weighted by Gasteiger charge is 1.80. The van der Waals surface area contributed by atoms with E-state index in [1.807, 2.05) is 0 Å². The van der Waals surface area contributed by atoms with E-state index < -0.39 is 0 Å². The monoisotopic (exact) mass is 192 g/mol. The molecule has 0 aliphatic carbocycles. The van der Waals surface area contributed by atoms with Gasteiger partial charge in [-0.25, -0.2) is 0 Å². The minimum absolute atomic E-state index is 0.750. The van der Waals surface area contributed by atoms with Crippen LogP contribution < -0.4 is 0 Å². The van der Waals surface area contributed by atoms with Crippen LogP contribution in [0.4, 0.5) is 0 Å². The van der Waals surface area contributed by atoms with Crippen molar-refractivity contribution in [2.45, 2.75) is 13.8 Å². The Morgan fingerprint density at radius 3 is 1.43 bits per heavy atom. The van der Waals surface area contributed by atoms with E-state index >= 15 is 0 Å². The largest absolute Gasteiger partial charge is 0.443 e. The number of benzene rings is 1. The van der Waals surface area contributed by atoms with Crippen LogP contribution in [0.25, 0.3) is 0 Å². The van der Waals surface area contributed by atoms with E-state index in [9.17, 15) is 0 Å². The second-order valence-corrected chi connectivity index (χ2v) is 2.36. The lowest BCUT2D eigenvalue weighted by Crippen LogP contribution is -1.71. The highest BCUT2D eigenvalue weighted by molar-refractivity contribution is 5.20. The predicted octanol–water partition coefficient (Wildman–Crippen LogP) is 1.98. The van der Waals surface area contributed by atoms with Crippen LogP contribution in [0, 0.1) is 36.9 Å². The van der Waals surface area contributed by atoms with Crippen LogP contribution in [-0.2, 0) is 0 Å². The molecule has 0 spiro atoms. The number of aliphatic hydroxyl groups excluding tert-OH is 2. The van der Waals surface area contributed by atoms with E-state index in [1.165, 1.54) is 11.1 Å². The molecule has 0 aromatic heterocycles. The Morgan fingerprint density at radius 1 is 1.00 bits per heavy atom. The Balaban J connectivity index is 0. The van der Waals surface area contributed by atoms with Gasteiger partial charge in [0.2, 0.25) is 0 Å². The van der Waals surface area contributed by atoms with Crippen molar-refractivity contribution >= 4 is 0 Å². The zero-order valence-electron chi connectivity index (χ0n) is 8.10. The first-order chi connectivity index (χ1) is 6.62. The van der Waals surface area contributed by atoms with E-state index in [1.54, 1.807) is 0 Å². The molecule has 1 rings (SSSR count). The van der Waals surface area contributed by atoms with Gasteiger partial charge in [0.15, 0.2) is 0 Å². The van der Waals surface area contributed by atoms with Gasteiger partial charge in [-0.05, 0) is 13.8 Å². The van der Waals surface area contributed by atoms with Crippen molar-refractivity contribution in [1.82, 2.24) is 0 Å². The van der Waals surface area contributed by atoms with Gasteiger partial charge in [-0.3, -0.25) is 0 Å². The summed E-state index contributed by atoms with van der Waals surface area (Å²) in [7, 11) is 0. The average molecular weight is 192 g/mol. The van der Waals surface area contributed by atoms with E-state index in [4.69, 9.17) is 20.7 Å². The predicted molar refractivity (Wildman–Crippen MR) is 51.0 cm³/mol. The Morgan fingerprint density at radius 2 is 1.29 bits per heavy atom. The molecule has 0 aliphatic rings. The Hall–Kier alpha value is -2.20. The van der Waals surface area contributed by atoms with Gasteiger partial charge in [0.25, 0.3) is 12.5 Å². The van der Waals surface area contributed by atoms with Crippen molar-refractivity contribution in [3.05, 3.63) is 35.4 Å². The van der Waals surface area contributed by atoms with Crippen LogP contribution in [0.3, 0.4) is 0 Å². The number of hydrogen-bond donors (Lipinski definition) is 2. The molecule has 0 heterocycles. The molecule has 0 bridgehead atoms. The summed E-state index contributed by atoms with van der Waals surface area (Å²) in [6.07, 6.45) is 1.50. The van der Waals surface area contributed by atoms with Crippen molar-refractivity contribution in [2.24, 2.45) is 0 Å². The van der Waals surface area contributed by atoms with Gasteiger partial charge in [0.05, 0.1) is 0 Å². The van der Waals surface area contributed by atoms with Gasteiger partial charge in [-0.1, -0.05) is 35.4 Å². The molecule has 0 radical (unpaired) electrons. The van der Waals surface area contributed by atoms with E-state index in [-0.39, 0.29) is 0 Å². The molecule has 0 fully saturated rings. The molecule has 0 saturated carbocycles. The number of nitrogens with zero attached hydrogens (tertiary/aromatic N) is 2. The summed E-state index contributed by atoms with van der Waals surface area (Å²) in [5, 5.41) is 27.5. The summed E-state index contributed by atoms with van der Waals surface area (Å²) in [5.41, 5.74) is 2.68. The lowest BCUT2D eigenvalue weighted by atomic mass is 10.2. The maximum Gasteiger partial charge on any atom is 0.283 e. The van der Waals surface area contributed by atoms with Crippen molar-refractivity contribution in [3.63, 3.8) is 0 Å². The Kier molecular flexibility index (Phi) is 11.1. The molecule has 0 aliphatic heterocycles. The SMILES string of the molecule is Cc1cccc(C)c1.N#CO.N#CO. The van der Waals surface area contributed by atoms with Crippen LogP contribution >= 0.6 is 0 Å². The van der Waals surface area contributed by atoms with Gasteiger partial charge < -0.3 is 10.2 Å². The number of aliphatic hydroxyl groups is 2. The summed E-state index contributed by atoms with van der Waals surface area (Å²) in [6.45, 7) is 4.21. The third-order valence-corrected chi connectivity index (χ3v) is 1.17. The second-order valence-electron chi connectivity index (χ2n) is 2.36. The van der Waals surface area contributed by atoms with E-state index in [2.05, 4.69) is 38.1 Å². The van der Waals surface area contributed by atoms with Crippen molar-refractivity contribution < 1.29 is 10.2 Å². The smallest absolute Gasteiger partial charge is 0.283 e. The maximum atomic E-state index is 6.88. The fourth-order valence-corrected chi connectivity index (χ4v) is 0.807. The number of nitriles is 2. The molecule has 2 N–H and O–H groups in total. The van der Waals surface area contributed by atoms with Gasteiger partial charge in [0.1, 0.15) is 0 Å². The third kappa shape index (κ3) is 12.5. The molecule has 1 aromatic rings. The molecule has 14 heavy (non-hydrogen) atoms. The highest BCUT2D eigenvalue weighted by Crippen LogP contribution is 2.00. The van der Waals surface area contributed by atoms with E-state index in [0.29, 0.717) is 0 Å². The van der Waals surface area contributed by atoms with Gasteiger partial charge >= 0.3 is 0 Å². The van der Waals surface area contributed by atoms with Crippen LogP contribution in [-0.4, -0.2) is 10.2 Å². The van der Waals surface area contributed by atoms with Crippen LogP contribution in [0.2, 0.25) is 0 Å². The fourth-order valence-electron chi connectivity index (χ4n) is 0.807. The van der Waals surface area contributed by atoms with Crippen LogP contribution in [0.5, 0.6) is 0 Å². The van der Waals surface area contributed by atoms with E-state index in [0.717, 1.165) is 12.5 Å². The molecule has 0 amide bonds. The lowest BCUT2D eigenvalue weighted by molar-refractivity contribution is 0.502. The Labute approximate surface area is 83.3 Å². The Bertz CT molecular complexity index is 294. The summed E-state index contributed by atoms with van der Waals surface area (Å²) in [4.78, 5) is 0. The minimum Gasteiger partial charge on any atom is -0.443 e. The van der Waals surface area contributed by atoms with Crippen molar-refractivity contribution in [3.8, 4) is 12.5 Å². The summed E-state index contributed by atoms with van der Waals surface area (Å²) in [5.74, 6) is 0. The van der Waals surface area contributed by atoms with Gasteiger partial charge in [0, 0.05) is 0 Å². The zero-order valence-corrected chi connectivity index (χ0v) is 8.10. The molecular weight excluding hydrogens is 180 g/mol.